The lowest BCUT2D eigenvalue weighted by Crippen LogP contribution is -2.29. The van der Waals surface area contributed by atoms with Crippen LogP contribution in [0.2, 0.25) is 0 Å². The van der Waals surface area contributed by atoms with Gasteiger partial charge in [-0.15, -0.1) is 0 Å². The molecule has 0 aliphatic rings. The number of para-hydroxylation sites is 6. The summed E-state index contributed by atoms with van der Waals surface area (Å²) in [6.45, 7) is 0. The van der Waals surface area contributed by atoms with E-state index < -0.39 is 7.12 Å². The molecule has 10 heteroatoms. The maximum atomic E-state index is 9.24. The van der Waals surface area contributed by atoms with E-state index in [1.165, 1.54) is 109 Å². The molecule has 0 amide bonds. The smallest absolute Gasteiger partial charge is 0.423 e. The topological polar surface area (TPSA) is 86.8 Å². The molecule has 0 spiro atoms. The first-order valence-corrected chi connectivity index (χ1v) is 30.9. The number of fused-ring (bicyclic) bond motifs is 15. The monoisotopic (exact) mass is 1280 g/mol. The van der Waals surface area contributed by atoms with Gasteiger partial charge in [-0.1, -0.05) is 197 Å². The van der Waals surface area contributed by atoms with Crippen LogP contribution in [-0.4, -0.2) is 40.8 Å². The summed E-state index contributed by atoms with van der Waals surface area (Å²) in [5.74, 6) is 0. The Kier molecular flexibility index (Phi) is 14.2. The van der Waals surface area contributed by atoms with Gasteiger partial charge in [0.25, 0.3) is 0 Å². The summed E-state index contributed by atoms with van der Waals surface area (Å²) in [6, 6.07) is 103. The van der Waals surface area contributed by atoms with Gasteiger partial charge in [0.2, 0.25) is 0 Å². The van der Waals surface area contributed by atoms with Gasteiger partial charge in [0.15, 0.2) is 0 Å². The third-order valence-corrected chi connectivity index (χ3v) is 18.2. The van der Waals surface area contributed by atoms with E-state index in [1.807, 2.05) is 48.5 Å². The Bertz CT molecular complexity index is 5270. The first-order valence-electron chi connectivity index (χ1n) is 29.3. The molecule has 18 aromatic rings. The van der Waals surface area contributed by atoms with Crippen LogP contribution in [0.25, 0.3) is 148 Å². The van der Waals surface area contributed by atoms with Crippen LogP contribution in [0.4, 0.5) is 0 Å². The third kappa shape index (κ3) is 9.78. The van der Waals surface area contributed by atoms with Gasteiger partial charge in [-0.25, -0.2) is 0 Å². The number of aromatic amines is 2. The largest absolute Gasteiger partial charge is 0.488 e. The summed E-state index contributed by atoms with van der Waals surface area (Å²) in [5.41, 5.74) is 20.5. The summed E-state index contributed by atoms with van der Waals surface area (Å²) in [6.07, 6.45) is 0. The first-order chi connectivity index (χ1) is 43.3. The van der Waals surface area contributed by atoms with Crippen molar-refractivity contribution in [1.29, 1.82) is 0 Å². The fraction of sp³-hybridized carbons (Fsp3) is 0.0127. The standard InChI is InChI=1S/C48H31N3.C18H14BNO2.C12H7Br2N.CH4/c1-5-13-45-37(9-1)38-10-2-6-14-46(38)50(45)35-23-17-31(18-24-35)33-21-27-43-41(29-33)42-30-34(22-28-44(42)49-43)32-19-25-36(26-20-32)51-47-15-7-3-11-39(47)40-12-4-8-16-48(40)51;21-19(22)13-9-11-14(12-10-13)20-17-7-3-1-5-15(17)16-6-2-4-8-18(16)20;13-7-1-3-11-9(5-7)10-6-8(14)2-4-12(10)15-11;/h1-30,49H;1-12,21-22H;1-6,15H;1H4. The van der Waals surface area contributed by atoms with Crippen molar-refractivity contribution in [2.75, 3.05) is 0 Å². The van der Waals surface area contributed by atoms with Gasteiger partial charge in [-0.3, -0.25) is 0 Å². The molecule has 5 aromatic heterocycles. The normalized spacial score (nSPS) is 11.5. The van der Waals surface area contributed by atoms with Crippen LogP contribution in [0.15, 0.2) is 300 Å². The Morgan fingerprint density at radius 1 is 0.258 bits per heavy atom. The average Bonchev–Trinajstić information content (AvgIpc) is 2.40. The van der Waals surface area contributed by atoms with Crippen molar-refractivity contribution in [3.63, 3.8) is 0 Å². The van der Waals surface area contributed by atoms with E-state index in [1.54, 1.807) is 12.1 Å². The second kappa shape index (κ2) is 22.8. The van der Waals surface area contributed by atoms with Crippen LogP contribution in [-0.2, 0) is 0 Å². The molecule has 0 fully saturated rings. The van der Waals surface area contributed by atoms with Crippen LogP contribution in [0.5, 0.6) is 0 Å². The van der Waals surface area contributed by atoms with Crippen molar-refractivity contribution in [2.45, 2.75) is 7.43 Å². The molecule has 13 aromatic carbocycles. The van der Waals surface area contributed by atoms with Crippen LogP contribution < -0.4 is 5.46 Å². The Labute approximate surface area is 530 Å². The number of rotatable bonds is 6. The van der Waals surface area contributed by atoms with Crippen LogP contribution in [0.1, 0.15) is 7.43 Å². The number of hydrogen-bond acceptors (Lipinski definition) is 2. The molecule has 0 aliphatic carbocycles. The highest BCUT2D eigenvalue weighted by atomic mass is 79.9. The van der Waals surface area contributed by atoms with Crippen LogP contribution in [0.3, 0.4) is 0 Å². The van der Waals surface area contributed by atoms with E-state index in [4.69, 9.17) is 0 Å². The number of benzene rings is 13. The summed E-state index contributed by atoms with van der Waals surface area (Å²) >= 11 is 6.99. The minimum atomic E-state index is -1.44. The zero-order chi connectivity index (χ0) is 59.0. The van der Waals surface area contributed by atoms with E-state index >= 15 is 0 Å². The fourth-order valence-corrected chi connectivity index (χ4v) is 13.8. The van der Waals surface area contributed by atoms with Crippen molar-refractivity contribution in [2.24, 2.45) is 0 Å². The maximum absolute atomic E-state index is 9.24. The van der Waals surface area contributed by atoms with Gasteiger partial charge >= 0.3 is 7.12 Å². The number of hydrogen-bond donors (Lipinski definition) is 4. The SMILES string of the molecule is Brc1ccc2[nH]c3ccc(Br)cc3c2c1.C.OB(O)c1ccc(-n2c3ccccc3c3ccccc32)cc1.c1ccc2c(c1)c1ccccc1n2-c1ccc(-c2ccc3[nH]c4ccc(-c5ccc(-n6c7ccccc7c7ccccc76)cc5)cc4c3c2)cc1. The molecule has 0 saturated carbocycles. The summed E-state index contributed by atoms with van der Waals surface area (Å²) in [5, 5.41) is 31.0. The Balaban J connectivity index is 0.000000142. The van der Waals surface area contributed by atoms with Gasteiger partial charge in [0.1, 0.15) is 0 Å². The zero-order valence-corrected chi connectivity index (χ0v) is 50.5. The summed E-state index contributed by atoms with van der Waals surface area (Å²) in [4.78, 5) is 7.04. The predicted molar refractivity (Wildman–Crippen MR) is 384 cm³/mol. The molecule has 18 rings (SSSR count). The lowest BCUT2D eigenvalue weighted by Gasteiger charge is -2.10. The van der Waals surface area contributed by atoms with E-state index in [2.05, 4.69) is 286 Å². The summed E-state index contributed by atoms with van der Waals surface area (Å²) < 4.78 is 9.15. The molecule has 7 nitrogen and oxygen atoms in total. The molecule has 0 unspecified atom stereocenters. The number of halogens is 2. The lowest BCUT2D eigenvalue weighted by molar-refractivity contribution is 0.426. The lowest BCUT2D eigenvalue weighted by atomic mass is 9.80. The molecule has 0 atom stereocenters. The van der Waals surface area contributed by atoms with Crippen LogP contribution >= 0.6 is 31.9 Å². The molecular weight excluding hydrogens is 1220 g/mol. The predicted octanol–water partition coefficient (Wildman–Crippen LogP) is 20.8. The first kappa shape index (κ1) is 55.4. The minimum Gasteiger partial charge on any atom is -0.423 e. The van der Waals surface area contributed by atoms with E-state index in [-0.39, 0.29) is 7.43 Å². The van der Waals surface area contributed by atoms with E-state index in [0.717, 1.165) is 48.1 Å². The van der Waals surface area contributed by atoms with Gasteiger partial charge < -0.3 is 33.7 Å². The van der Waals surface area contributed by atoms with Crippen molar-refractivity contribution >= 4 is 153 Å². The third-order valence-electron chi connectivity index (χ3n) is 17.2. The van der Waals surface area contributed by atoms with Crippen molar-refractivity contribution in [1.82, 2.24) is 23.7 Å². The number of H-pyrrole nitrogens is 2. The van der Waals surface area contributed by atoms with Crippen LogP contribution in [0, 0.1) is 0 Å². The second-order valence-electron chi connectivity index (χ2n) is 22.3. The highest BCUT2D eigenvalue weighted by Crippen LogP contribution is 2.38. The highest BCUT2D eigenvalue weighted by Gasteiger charge is 2.17. The van der Waals surface area contributed by atoms with Gasteiger partial charge in [0.05, 0.1) is 33.1 Å². The van der Waals surface area contributed by atoms with Gasteiger partial charge in [-0.05, 0) is 161 Å². The van der Waals surface area contributed by atoms with Crippen molar-refractivity contribution in [3.8, 4) is 39.3 Å². The van der Waals surface area contributed by atoms with Gasteiger partial charge in [0, 0.05) is 102 Å². The molecular formula is C79H56BBr2N5O2. The molecule has 0 aliphatic heterocycles. The molecule has 89 heavy (non-hydrogen) atoms. The fourth-order valence-electron chi connectivity index (χ4n) is 13.1. The second-order valence-corrected chi connectivity index (χ2v) is 24.1. The Morgan fingerprint density at radius 2 is 0.506 bits per heavy atom. The summed E-state index contributed by atoms with van der Waals surface area (Å²) in [7, 11) is -1.44. The van der Waals surface area contributed by atoms with E-state index in [9.17, 15) is 10.0 Å². The number of nitrogens with one attached hydrogen (secondary N) is 2. The van der Waals surface area contributed by atoms with Crippen molar-refractivity contribution < 1.29 is 10.0 Å². The molecule has 5 heterocycles. The zero-order valence-electron chi connectivity index (χ0n) is 47.3. The Hall–Kier alpha value is -10.2. The Morgan fingerprint density at radius 3 is 0.798 bits per heavy atom. The molecule has 0 radical (unpaired) electrons. The van der Waals surface area contributed by atoms with E-state index in [0.29, 0.717) is 5.46 Å². The minimum absolute atomic E-state index is 0. The maximum Gasteiger partial charge on any atom is 0.488 e. The molecule has 426 valence electrons. The molecule has 0 bridgehead atoms. The molecule has 0 saturated heterocycles. The number of aromatic nitrogens is 5. The van der Waals surface area contributed by atoms with Crippen molar-refractivity contribution in [3.05, 3.63) is 300 Å². The van der Waals surface area contributed by atoms with Gasteiger partial charge in [-0.2, -0.15) is 0 Å². The quantitative estimate of drug-likeness (QED) is 0.125. The average molecular weight is 1280 g/mol. The molecule has 4 N–H and O–H groups in total. The number of nitrogens with zero attached hydrogens (tertiary/aromatic N) is 3. The highest BCUT2D eigenvalue weighted by molar-refractivity contribution is 9.10.